The van der Waals surface area contributed by atoms with Gasteiger partial charge in [0.25, 0.3) is 0 Å². The number of amides is 1. The van der Waals surface area contributed by atoms with Gasteiger partial charge in [-0.1, -0.05) is 41.9 Å². The molecule has 23 heavy (non-hydrogen) atoms. The summed E-state index contributed by atoms with van der Waals surface area (Å²) >= 11 is 5.75. The highest BCUT2D eigenvalue weighted by atomic mass is 35.5. The molecule has 3 aromatic rings. The van der Waals surface area contributed by atoms with Crippen LogP contribution in [-0.4, -0.2) is 15.5 Å². The number of aromatic nitrogens is 2. The fraction of sp³-hybridized carbons (Fsp3) is 0.111. The van der Waals surface area contributed by atoms with Gasteiger partial charge in [-0.25, -0.2) is 4.98 Å². The fourth-order valence-corrected chi connectivity index (χ4v) is 2.58. The number of hydrogen-bond acceptors (Lipinski definition) is 2. The molecule has 0 bridgehead atoms. The van der Waals surface area contributed by atoms with Crippen LogP contribution >= 0.6 is 11.6 Å². The van der Waals surface area contributed by atoms with Gasteiger partial charge in [0.15, 0.2) is 0 Å². The molecule has 116 valence electrons. The van der Waals surface area contributed by atoms with Crippen LogP contribution in [0.5, 0.6) is 0 Å². The van der Waals surface area contributed by atoms with Gasteiger partial charge in [-0.2, -0.15) is 0 Å². The molecule has 3 rings (SSSR count). The van der Waals surface area contributed by atoms with Crippen molar-refractivity contribution in [2.75, 3.05) is 5.32 Å². The molecule has 1 N–H and O–H groups in total. The van der Waals surface area contributed by atoms with Crippen LogP contribution in [0.25, 0.3) is 0 Å². The Balaban J connectivity index is 1.76. The van der Waals surface area contributed by atoms with Crippen LogP contribution in [0.1, 0.15) is 18.0 Å². The lowest BCUT2D eigenvalue weighted by molar-refractivity contribution is -0.116. The second-order valence-electron chi connectivity index (χ2n) is 5.18. The van der Waals surface area contributed by atoms with E-state index in [1.165, 1.54) is 0 Å². The molecular weight excluding hydrogens is 310 g/mol. The van der Waals surface area contributed by atoms with Crippen molar-refractivity contribution in [1.29, 1.82) is 0 Å². The van der Waals surface area contributed by atoms with Gasteiger partial charge >= 0.3 is 0 Å². The lowest BCUT2D eigenvalue weighted by Crippen LogP contribution is -2.19. The van der Waals surface area contributed by atoms with Gasteiger partial charge < -0.3 is 9.88 Å². The first-order valence-electron chi connectivity index (χ1n) is 7.31. The normalized spacial score (nSPS) is 11.9. The summed E-state index contributed by atoms with van der Waals surface area (Å²) in [6.07, 6.45) is 5.82. The van der Waals surface area contributed by atoms with E-state index in [4.69, 9.17) is 11.6 Å². The second-order valence-corrected chi connectivity index (χ2v) is 5.57. The molecule has 0 aliphatic heterocycles. The van der Waals surface area contributed by atoms with Crippen molar-refractivity contribution >= 4 is 23.2 Å². The highest BCUT2D eigenvalue weighted by Gasteiger charge is 2.17. The zero-order valence-electron chi connectivity index (χ0n) is 12.4. The number of pyridine rings is 1. The van der Waals surface area contributed by atoms with Crippen molar-refractivity contribution in [3.63, 3.8) is 0 Å². The Morgan fingerprint density at radius 3 is 2.48 bits per heavy atom. The summed E-state index contributed by atoms with van der Waals surface area (Å²) in [6, 6.07) is 17.2. The first-order chi connectivity index (χ1) is 11.2. The van der Waals surface area contributed by atoms with E-state index in [1.54, 1.807) is 18.3 Å². The molecule has 0 aliphatic rings. The maximum absolute atomic E-state index is 12.4. The minimum Gasteiger partial charge on any atom is -0.346 e. The van der Waals surface area contributed by atoms with Gasteiger partial charge in [-0.15, -0.1) is 0 Å². The summed E-state index contributed by atoms with van der Waals surface area (Å²) in [7, 11) is 0. The van der Waals surface area contributed by atoms with Crippen LogP contribution < -0.4 is 5.32 Å². The van der Waals surface area contributed by atoms with E-state index in [2.05, 4.69) is 10.3 Å². The van der Waals surface area contributed by atoms with Crippen LogP contribution in [-0.2, 0) is 4.79 Å². The van der Waals surface area contributed by atoms with Crippen molar-refractivity contribution in [2.24, 2.45) is 0 Å². The van der Waals surface area contributed by atoms with Crippen LogP contribution in [0.2, 0.25) is 5.15 Å². The molecule has 0 saturated carbocycles. The summed E-state index contributed by atoms with van der Waals surface area (Å²) in [6.45, 7) is 0. The van der Waals surface area contributed by atoms with E-state index in [0.717, 1.165) is 5.56 Å². The fourth-order valence-electron chi connectivity index (χ4n) is 2.46. The Hall–Kier alpha value is -2.59. The molecule has 4 nitrogen and oxygen atoms in total. The Morgan fingerprint density at radius 2 is 1.83 bits per heavy atom. The average Bonchev–Trinajstić information content (AvgIpc) is 3.10. The molecular formula is C18H16ClN3O. The SMILES string of the molecule is O=C(C[C@@H](c1ccccc1)n1cccc1)Nc1ccc(Cl)nc1. The molecule has 1 amide bonds. The molecule has 1 atom stereocenters. The predicted molar refractivity (Wildman–Crippen MR) is 91.5 cm³/mol. The second kappa shape index (κ2) is 7.11. The number of benzene rings is 1. The Labute approximate surface area is 139 Å². The van der Waals surface area contributed by atoms with E-state index in [0.29, 0.717) is 17.3 Å². The monoisotopic (exact) mass is 325 g/mol. The molecule has 0 fully saturated rings. The zero-order chi connectivity index (χ0) is 16.1. The molecule has 0 saturated heterocycles. The van der Waals surface area contributed by atoms with Crippen molar-refractivity contribution in [3.8, 4) is 0 Å². The summed E-state index contributed by atoms with van der Waals surface area (Å²) in [5.74, 6) is -0.0725. The minimum atomic E-state index is -0.0725. The highest BCUT2D eigenvalue weighted by molar-refractivity contribution is 6.29. The Morgan fingerprint density at radius 1 is 1.09 bits per heavy atom. The largest absolute Gasteiger partial charge is 0.346 e. The van der Waals surface area contributed by atoms with E-state index in [1.807, 2.05) is 59.4 Å². The third-order valence-corrected chi connectivity index (χ3v) is 3.79. The molecule has 0 radical (unpaired) electrons. The number of halogens is 1. The predicted octanol–water partition coefficient (Wildman–Crippen LogP) is 4.15. The summed E-state index contributed by atoms with van der Waals surface area (Å²) in [5, 5.41) is 3.26. The van der Waals surface area contributed by atoms with E-state index in [-0.39, 0.29) is 11.9 Å². The number of anilines is 1. The smallest absolute Gasteiger partial charge is 0.226 e. The van der Waals surface area contributed by atoms with Crippen molar-refractivity contribution in [1.82, 2.24) is 9.55 Å². The summed E-state index contributed by atoms with van der Waals surface area (Å²) in [4.78, 5) is 16.4. The summed E-state index contributed by atoms with van der Waals surface area (Å²) < 4.78 is 2.04. The molecule has 2 aromatic heterocycles. The van der Waals surface area contributed by atoms with Crippen LogP contribution in [0.3, 0.4) is 0 Å². The minimum absolute atomic E-state index is 0.0496. The molecule has 0 aliphatic carbocycles. The number of rotatable bonds is 5. The van der Waals surface area contributed by atoms with Crippen molar-refractivity contribution in [2.45, 2.75) is 12.5 Å². The number of hydrogen-bond donors (Lipinski definition) is 1. The number of nitrogens with zero attached hydrogens (tertiary/aromatic N) is 2. The van der Waals surface area contributed by atoms with Crippen LogP contribution in [0.15, 0.2) is 73.2 Å². The maximum Gasteiger partial charge on any atom is 0.226 e. The molecule has 2 heterocycles. The van der Waals surface area contributed by atoms with Crippen molar-refractivity contribution in [3.05, 3.63) is 83.9 Å². The molecule has 0 unspecified atom stereocenters. The van der Waals surface area contributed by atoms with E-state index < -0.39 is 0 Å². The maximum atomic E-state index is 12.4. The van der Waals surface area contributed by atoms with Gasteiger partial charge in [0.1, 0.15) is 5.15 Å². The van der Waals surface area contributed by atoms with Gasteiger partial charge in [0, 0.05) is 12.4 Å². The average molecular weight is 326 g/mol. The lowest BCUT2D eigenvalue weighted by atomic mass is 10.0. The van der Waals surface area contributed by atoms with Crippen molar-refractivity contribution < 1.29 is 4.79 Å². The van der Waals surface area contributed by atoms with E-state index >= 15 is 0 Å². The van der Waals surface area contributed by atoms with Crippen LogP contribution in [0, 0.1) is 0 Å². The van der Waals surface area contributed by atoms with Gasteiger partial charge in [-0.3, -0.25) is 4.79 Å². The quantitative estimate of drug-likeness (QED) is 0.716. The Kier molecular flexibility index (Phi) is 4.74. The standard InChI is InChI=1S/C18H16ClN3O/c19-17-9-8-15(13-20-17)21-18(23)12-16(22-10-4-5-11-22)14-6-2-1-3-7-14/h1-11,13,16H,12H2,(H,21,23)/t16-/m0/s1. The zero-order valence-corrected chi connectivity index (χ0v) is 13.1. The van der Waals surface area contributed by atoms with E-state index in [9.17, 15) is 4.79 Å². The lowest BCUT2D eigenvalue weighted by Gasteiger charge is -2.19. The van der Waals surface area contributed by atoms with Gasteiger partial charge in [0.05, 0.1) is 24.3 Å². The van der Waals surface area contributed by atoms with Gasteiger partial charge in [0.2, 0.25) is 5.91 Å². The van der Waals surface area contributed by atoms with Gasteiger partial charge in [-0.05, 0) is 29.8 Å². The third kappa shape index (κ3) is 3.99. The molecule has 5 heteroatoms. The topological polar surface area (TPSA) is 46.9 Å². The summed E-state index contributed by atoms with van der Waals surface area (Å²) in [5.41, 5.74) is 1.73. The molecule has 0 spiro atoms. The highest BCUT2D eigenvalue weighted by Crippen LogP contribution is 2.23. The first-order valence-corrected chi connectivity index (χ1v) is 7.69. The molecule has 1 aromatic carbocycles. The number of carbonyl (C=O) groups excluding carboxylic acids is 1. The third-order valence-electron chi connectivity index (χ3n) is 3.56. The first kappa shape index (κ1) is 15.3. The Bertz CT molecular complexity index is 755. The van der Waals surface area contributed by atoms with Crippen LogP contribution in [0.4, 0.5) is 5.69 Å². The number of carbonyl (C=O) groups is 1. The number of nitrogens with one attached hydrogen (secondary N) is 1.